The van der Waals surface area contributed by atoms with Gasteiger partial charge in [-0.15, -0.1) is 10.2 Å². The van der Waals surface area contributed by atoms with Crippen molar-refractivity contribution in [2.24, 2.45) is 7.05 Å². The number of aromatic nitrogens is 4. The van der Waals surface area contributed by atoms with Crippen LogP contribution >= 0.6 is 0 Å². The Morgan fingerprint density at radius 3 is 2.69 bits per heavy atom. The van der Waals surface area contributed by atoms with Gasteiger partial charge in [0, 0.05) is 11.3 Å². The third-order valence-electron chi connectivity index (χ3n) is 1.71. The molecule has 0 unspecified atom stereocenters. The van der Waals surface area contributed by atoms with E-state index in [0.29, 0.717) is 11.5 Å². The highest BCUT2D eigenvalue weighted by atomic mass is 15.6. The van der Waals surface area contributed by atoms with Crippen molar-refractivity contribution in [3.05, 3.63) is 24.3 Å². The maximum absolute atomic E-state index is 5.74. The topological polar surface area (TPSA) is 69.6 Å². The second kappa shape index (κ2) is 2.85. The minimum atomic E-state index is 0.556. The van der Waals surface area contributed by atoms with E-state index in [1.54, 1.807) is 7.05 Å². The van der Waals surface area contributed by atoms with Crippen LogP contribution in [-0.4, -0.2) is 20.2 Å². The molecule has 5 heteroatoms. The molecule has 1 heterocycles. The number of anilines is 1. The first-order valence-electron chi connectivity index (χ1n) is 3.86. The Morgan fingerprint density at radius 2 is 2.08 bits per heavy atom. The number of aryl methyl sites for hydroxylation is 1. The van der Waals surface area contributed by atoms with Crippen molar-refractivity contribution in [1.29, 1.82) is 0 Å². The van der Waals surface area contributed by atoms with Crippen LogP contribution in [0, 0.1) is 0 Å². The summed E-state index contributed by atoms with van der Waals surface area (Å²) in [5, 5.41) is 11.7. The molecule has 0 aliphatic rings. The lowest BCUT2D eigenvalue weighted by atomic mass is 10.2. The SMILES string of the molecule is Cn1nnc(-c2ccccc2N)n1. The van der Waals surface area contributed by atoms with Crippen molar-refractivity contribution in [1.82, 2.24) is 20.2 Å². The van der Waals surface area contributed by atoms with Crippen LogP contribution in [0.4, 0.5) is 5.69 Å². The van der Waals surface area contributed by atoms with Crippen LogP contribution in [0.2, 0.25) is 0 Å². The Bertz CT molecular complexity index is 420. The number of nitrogens with two attached hydrogens (primary N) is 1. The van der Waals surface area contributed by atoms with Gasteiger partial charge in [0.2, 0.25) is 5.82 Å². The molecule has 2 aromatic rings. The van der Waals surface area contributed by atoms with Gasteiger partial charge in [-0.05, 0) is 17.3 Å². The number of rotatable bonds is 1. The zero-order valence-corrected chi connectivity index (χ0v) is 7.18. The summed E-state index contributed by atoms with van der Waals surface area (Å²) in [6.07, 6.45) is 0. The van der Waals surface area contributed by atoms with E-state index in [1.165, 1.54) is 4.80 Å². The molecule has 13 heavy (non-hydrogen) atoms. The highest BCUT2D eigenvalue weighted by Gasteiger charge is 2.06. The second-order valence-corrected chi connectivity index (χ2v) is 2.69. The molecule has 0 radical (unpaired) electrons. The van der Waals surface area contributed by atoms with Gasteiger partial charge in [0.15, 0.2) is 0 Å². The fourth-order valence-electron chi connectivity index (χ4n) is 1.09. The molecule has 2 rings (SSSR count). The molecular formula is C8H9N5. The van der Waals surface area contributed by atoms with Crippen molar-refractivity contribution in [3.8, 4) is 11.4 Å². The highest BCUT2D eigenvalue weighted by Crippen LogP contribution is 2.20. The third-order valence-corrected chi connectivity index (χ3v) is 1.71. The van der Waals surface area contributed by atoms with Gasteiger partial charge in [0.1, 0.15) is 0 Å². The van der Waals surface area contributed by atoms with E-state index in [2.05, 4.69) is 15.4 Å². The van der Waals surface area contributed by atoms with E-state index < -0.39 is 0 Å². The van der Waals surface area contributed by atoms with Crippen LogP contribution in [0.1, 0.15) is 0 Å². The predicted octanol–water partition coefficient (Wildman–Crippen LogP) is 0.459. The zero-order chi connectivity index (χ0) is 9.26. The molecule has 0 spiro atoms. The minimum Gasteiger partial charge on any atom is -0.398 e. The summed E-state index contributed by atoms with van der Waals surface area (Å²) in [7, 11) is 1.72. The van der Waals surface area contributed by atoms with E-state index in [-0.39, 0.29) is 0 Å². The summed E-state index contributed by atoms with van der Waals surface area (Å²) in [4.78, 5) is 1.40. The van der Waals surface area contributed by atoms with E-state index in [4.69, 9.17) is 5.73 Å². The first-order valence-corrected chi connectivity index (χ1v) is 3.86. The summed E-state index contributed by atoms with van der Waals surface area (Å²) in [6.45, 7) is 0. The quantitative estimate of drug-likeness (QED) is 0.639. The molecule has 0 atom stereocenters. The van der Waals surface area contributed by atoms with Gasteiger partial charge in [0.05, 0.1) is 7.05 Å². The minimum absolute atomic E-state index is 0.556. The fourth-order valence-corrected chi connectivity index (χ4v) is 1.09. The summed E-state index contributed by atoms with van der Waals surface area (Å²) in [5.41, 5.74) is 7.22. The number of nitrogens with zero attached hydrogens (tertiary/aromatic N) is 4. The maximum Gasteiger partial charge on any atom is 0.206 e. The van der Waals surface area contributed by atoms with Crippen molar-refractivity contribution in [2.75, 3.05) is 5.73 Å². The molecule has 1 aromatic heterocycles. The van der Waals surface area contributed by atoms with Gasteiger partial charge in [-0.1, -0.05) is 12.1 Å². The van der Waals surface area contributed by atoms with Crippen molar-refractivity contribution in [3.63, 3.8) is 0 Å². The molecule has 0 amide bonds. The van der Waals surface area contributed by atoms with E-state index in [0.717, 1.165) is 5.56 Å². The lowest BCUT2D eigenvalue weighted by Crippen LogP contribution is -1.93. The Morgan fingerprint density at radius 1 is 1.31 bits per heavy atom. The van der Waals surface area contributed by atoms with Gasteiger partial charge in [0.25, 0.3) is 0 Å². The second-order valence-electron chi connectivity index (χ2n) is 2.69. The average molecular weight is 175 g/mol. The molecule has 0 bridgehead atoms. The summed E-state index contributed by atoms with van der Waals surface area (Å²) in [5.74, 6) is 0.556. The number of tetrazole rings is 1. The van der Waals surface area contributed by atoms with Gasteiger partial charge in [-0.25, -0.2) is 0 Å². The van der Waals surface area contributed by atoms with Crippen LogP contribution in [0.3, 0.4) is 0 Å². The number of para-hydroxylation sites is 1. The van der Waals surface area contributed by atoms with Crippen molar-refractivity contribution >= 4 is 5.69 Å². The molecule has 2 N–H and O–H groups in total. The van der Waals surface area contributed by atoms with Crippen LogP contribution in [0.5, 0.6) is 0 Å². The Balaban J connectivity index is 2.52. The summed E-state index contributed by atoms with van der Waals surface area (Å²) in [6, 6.07) is 7.44. The monoisotopic (exact) mass is 175 g/mol. The lowest BCUT2D eigenvalue weighted by Gasteiger charge is -1.97. The molecule has 1 aromatic carbocycles. The van der Waals surface area contributed by atoms with Gasteiger partial charge >= 0.3 is 0 Å². The Hall–Kier alpha value is -1.91. The summed E-state index contributed by atoms with van der Waals surface area (Å²) >= 11 is 0. The van der Waals surface area contributed by atoms with Crippen molar-refractivity contribution < 1.29 is 0 Å². The zero-order valence-electron chi connectivity index (χ0n) is 7.18. The number of benzene rings is 1. The number of nitrogen functional groups attached to an aromatic ring is 1. The van der Waals surface area contributed by atoms with Crippen molar-refractivity contribution in [2.45, 2.75) is 0 Å². The molecular weight excluding hydrogens is 166 g/mol. The normalized spacial score (nSPS) is 10.2. The smallest absolute Gasteiger partial charge is 0.206 e. The van der Waals surface area contributed by atoms with E-state index in [1.807, 2.05) is 24.3 Å². The molecule has 5 nitrogen and oxygen atoms in total. The molecule has 0 aliphatic carbocycles. The standard InChI is InChI=1S/C8H9N5/c1-13-11-8(10-12-13)6-4-2-3-5-7(6)9/h2-5H,9H2,1H3. The Labute approximate surface area is 75.2 Å². The fraction of sp³-hybridized carbons (Fsp3) is 0.125. The van der Waals surface area contributed by atoms with Crippen LogP contribution in [0.25, 0.3) is 11.4 Å². The van der Waals surface area contributed by atoms with Gasteiger partial charge in [-0.2, -0.15) is 4.80 Å². The predicted molar refractivity (Wildman–Crippen MR) is 48.6 cm³/mol. The first kappa shape index (κ1) is 7.72. The Kier molecular flexibility index (Phi) is 1.70. The van der Waals surface area contributed by atoms with Gasteiger partial charge in [-0.3, -0.25) is 0 Å². The number of hydrogen-bond acceptors (Lipinski definition) is 4. The van der Waals surface area contributed by atoms with Gasteiger partial charge < -0.3 is 5.73 Å². The third kappa shape index (κ3) is 1.35. The van der Waals surface area contributed by atoms with E-state index in [9.17, 15) is 0 Å². The van der Waals surface area contributed by atoms with Crippen LogP contribution in [0.15, 0.2) is 24.3 Å². The van der Waals surface area contributed by atoms with E-state index >= 15 is 0 Å². The molecule has 0 saturated heterocycles. The lowest BCUT2D eigenvalue weighted by molar-refractivity contribution is 0.630. The average Bonchev–Trinajstić information content (AvgIpc) is 2.53. The molecule has 0 saturated carbocycles. The molecule has 66 valence electrons. The molecule has 0 aliphatic heterocycles. The highest BCUT2D eigenvalue weighted by molar-refractivity contribution is 5.70. The molecule has 0 fully saturated rings. The number of hydrogen-bond donors (Lipinski definition) is 1. The summed E-state index contributed by atoms with van der Waals surface area (Å²) < 4.78 is 0. The maximum atomic E-state index is 5.74. The largest absolute Gasteiger partial charge is 0.398 e. The van der Waals surface area contributed by atoms with Crippen LogP contribution in [-0.2, 0) is 7.05 Å². The first-order chi connectivity index (χ1) is 6.27. The van der Waals surface area contributed by atoms with Crippen LogP contribution < -0.4 is 5.73 Å².